The summed E-state index contributed by atoms with van der Waals surface area (Å²) in [6, 6.07) is 0. The third kappa shape index (κ3) is 2.47. The zero-order valence-corrected chi connectivity index (χ0v) is 13.1. The molecule has 0 bridgehead atoms. The smallest absolute Gasteiger partial charge is 0.306 e. The average Bonchev–Trinajstić information content (AvgIpc) is 2.77. The molecule has 9 nitrogen and oxygen atoms in total. The fourth-order valence-electron chi connectivity index (χ4n) is 4.40. The average molecular weight is 348 g/mol. The van der Waals surface area contributed by atoms with Gasteiger partial charge in [-0.15, -0.1) is 0 Å². The van der Waals surface area contributed by atoms with Gasteiger partial charge in [-0.3, -0.25) is 4.79 Å². The van der Waals surface area contributed by atoms with Gasteiger partial charge in [0, 0.05) is 18.3 Å². The van der Waals surface area contributed by atoms with Crippen LogP contribution in [0.4, 0.5) is 0 Å². The summed E-state index contributed by atoms with van der Waals surface area (Å²) in [5, 5.41) is 59.9. The standard InChI is InChI=1S/C15H24O9/c16-4-8-5-23-15(3-10(8)19)14(22,6-17)12-9(18)1-7(13(20)21)2-11(12)24-15/h7-12,16-19,22H,1-6H2,(H,20,21)/t7-,8+,9+,10-,11+,12-,14-,15-/m0/s1. The van der Waals surface area contributed by atoms with Gasteiger partial charge in [0.15, 0.2) is 0 Å². The predicted molar refractivity (Wildman–Crippen MR) is 76.6 cm³/mol. The minimum Gasteiger partial charge on any atom is -0.481 e. The Balaban J connectivity index is 1.91. The van der Waals surface area contributed by atoms with Crippen LogP contribution in [0.2, 0.25) is 0 Å². The second-order valence-electron chi connectivity index (χ2n) is 7.12. The predicted octanol–water partition coefficient (Wildman–Crippen LogP) is -2.33. The van der Waals surface area contributed by atoms with Gasteiger partial charge in [0.2, 0.25) is 5.79 Å². The summed E-state index contributed by atoms with van der Waals surface area (Å²) < 4.78 is 11.4. The monoisotopic (exact) mass is 348 g/mol. The number of carbonyl (C=O) groups is 1. The maximum absolute atomic E-state index is 11.2. The fraction of sp³-hybridized carbons (Fsp3) is 0.933. The Morgan fingerprint density at radius 3 is 2.42 bits per heavy atom. The molecular formula is C15H24O9. The summed E-state index contributed by atoms with van der Waals surface area (Å²) in [6.07, 6.45) is -3.19. The van der Waals surface area contributed by atoms with Crippen molar-refractivity contribution >= 4 is 5.97 Å². The minimum atomic E-state index is -1.97. The molecule has 9 heteroatoms. The van der Waals surface area contributed by atoms with Gasteiger partial charge < -0.3 is 40.1 Å². The molecular weight excluding hydrogens is 324 g/mol. The van der Waals surface area contributed by atoms with Crippen LogP contribution in [0.25, 0.3) is 0 Å². The van der Waals surface area contributed by atoms with Crippen LogP contribution in [-0.2, 0) is 14.3 Å². The van der Waals surface area contributed by atoms with E-state index in [4.69, 9.17) is 9.47 Å². The topological polar surface area (TPSA) is 157 Å². The number of aliphatic carboxylic acids is 1. The molecule has 2 heterocycles. The van der Waals surface area contributed by atoms with Crippen LogP contribution in [-0.4, -0.2) is 86.1 Å². The Bertz CT molecular complexity index is 499. The Labute approximate surface area is 138 Å². The SMILES string of the molecule is O=C(O)[C@H]1C[C@@H](O)[C@H]2[C@@H](C1)O[C@@]1(C[C@H](O)[C@H](CO)CO1)[C@]2(O)CO. The fourth-order valence-corrected chi connectivity index (χ4v) is 4.40. The third-order valence-corrected chi connectivity index (χ3v) is 5.79. The summed E-state index contributed by atoms with van der Waals surface area (Å²) in [4.78, 5) is 11.2. The minimum absolute atomic E-state index is 0.0555. The van der Waals surface area contributed by atoms with Gasteiger partial charge in [-0.05, 0) is 12.8 Å². The first-order valence-corrected chi connectivity index (χ1v) is 8.13. The van der Waals surface area contributed by atoms with Gasteiger partial charge >= 0.3 is 5.97 Å². The molecule has 2 aliphatic heterocycles. The van der Waals surface area contributed by atoms with Crippen LogP contribution in [0.5, 0.6) is 0 Å². The highest BCUT2D eigenvalue weighted by Gasteiger charge is 2.70. The molecule has 0 radical (unpaired) electrons. The van der Waals surface area contributed by atoms with E-state index in [1.807, 2.05) is 0 Å². The Morgan fingerprint density at radius 2 is 1.88 bits per heavy atom. The molecule has 3 rings (SSSR count). The van der Waals surface area contributed by atoms with Crippen molar-refractivity contribution in [2.24, 2.45) is 17.8 Å². The van der Waals surface area contributed by atoms with Crippen LogP contribution in [0.3, 0.4) is 0 Å². The Morgan fingerprint density at radius 1 is 1.17 bits per heavy atom. The summed E-state index contributed by atoms with van der Waals surface area (Å²) in [5.74, 6) is -5.08. The molecule has 0 unspecified atom stereocenters. The number of rotatable bonds is 3. The number of carboxylic acids is 1. The molecule has 0 aromatic rings. The maximum Gasteiger partial charge on any atom is 0.306 e. The van der Waals surface area contributed by atoms with Crippen molar-refractivity contribution in [2.75, 3.05) is 19.8 Å². The van der Waals surface area contributed by atoms with E-state index < -0.39 is 60.0 Å². The zero-order chi connectivity index (χ0) is 17.7. The normalized spacial score (nSPS) is 51.5. The number of fused-ring (bicyclic) bond motifs is 1. The van der Waals surface area contributed by atoms with Crippen LogP contribution in [0, 0.1) is 17.8 Å². The van der Waals surface area contributed by atoms with Gasteiger partial charge in [-0.25, -0.2) is 0 Å². The number of ether oxygens (including phenoxy) is 2. The highest BCUT2D eigenvalue weighted by atomic mass is 16.7. The molecule has 2 saturated heterocycles. The highest BCUT2D eigenvalue weighted by molar-refractivity contribution is 5.70. The summed E-state index contributed by atoms with van der Waals surface area (Å²) in [7, 11) is 0. The number of carboxylic acid groups (broad SMARTS) is 1. The number of aliphatic hydroxyl groups excluding tert-OH is 4. The Kier molecular flexibility index (Phi) is 4.63. The van der Waals surface area contributed by atoms with E-state index in [1.54, 1.807) is 0 Å². The van der Waals surface area contributed by atoms with Crippen LogP contribution in [0.15, 0.2) is 0 Å². The molecule has 1 aliphatic carbocycles. The van der Waals surface area contributed by atoms with Crippen LogP contribution >= 0.6 is 0 Å². The van der Waals surface area contributed by atoms with E-state index in [9.17, 15) is 35.4 Å². The number of hydrogen-bond acceptors (Lipinski definition) is 8. The van der Waals surface area contributed by atoms with Crippen molar-refractivity contribution in [3.63, 3.8) is 0 Å². The summed E-state index contributed by atoms with van der Waals surface area (Å²) in [6.45, 7) is -1.15. The number of aliphatic hydroxyl groups is 5. The van der Waals surface area contributed by atoms with Crippen molar-refractivity contribution in [1.29, 1.82) is 0 Å². The third-order valence-electron chi connectivity index (χ3n) is 5.79. The molecule has 1 spiro atoms. The van der Waals surface area contributed by atoms with E-state index in [-0.39, 0.29) is 32.5 Å². The lowest BCUT2D eigenvalue weighted by atomic mass is 9.68. The van der Waals surface area contributed by atoms with Crippen LogP contribution in [0.1, 0.15) is 19.3 Å². The molecule has 0 aromatic carbocycles. The molecule has 0 aromatic heterocycles. The highest BCUT2D eigenvalue weighted by Crippen LogP contribution is 2.54. The summed E-state index contributed by atoms with van der Waals surface area (Å²) in [5.41, 5.74) is -1.97. The first-order valence-electron chi connectivity index (χ1n) is 8.13. The molecule has 3 aliphatic rings. The molecule has 24 heavy (non-hydrogen) atoms. The molecule has 138 valence electrons. The summed E-state index contributed by atoms with van der Waals surface area (Å²) >= 11 is 0. The first-order chi connectivity index (χ1) is 11.3. The Hall–Kier alpha value is -0.810. The van der Waals surface area contributed by atoms with Gasteiger partial charge in [0.05, 0.1) is 44.1 Å². The van der Waals surface area contributed by atoms with Crippen molar-refractivity contribution < 1.29 is 44.9 Å². The molecule has 3 fully saturated rings. The quantitative estimate of drug-likeness (QED) is 0.329. The van der Waals surface area contributed by atoms with E-state index in [0.29, 0.717) is 0 Å². The molecule has 1 saturated carbocycles. The van der Waals surface area contributed by atoms with E-state index >= 15 is 0 Å². The van der Waals surface area contributed by atoms with Gasteiger partial charge in [-0.2, -0.15) is 0 Å². The lowest BCUT2D eigenvalue weighted by molar-refractivity contribution is -0.335. The van der Waals surface area contributed by atoms with Gasteiger partial charge in [0.1, 0.15) is 5.60 Å². The lowest BCUT2D eigenvalue weighted by Gasteiger charge is -2.47. The van der Waals surface area contributed by atoms with E-state index in [2.05, 4.69) is 0 Å². The van der Waals surface area contributed by atoms with Gasteiger partial charge in [0.25, 0.3) is 0 Å². The van der Waals surface area contributed by atoms with E-state index in [1.165, 1.54) is 0 Å². The zero-order valence-electron chi connectivity index (χ0n) is 13.1. The molecule has 0 amide bonds. The second kappa shape index (κ2) is 6.17. The van der Waals surface area contributed by atoms with E-state index in [0.717, 1.165) is 0 Å². The molecule has 6 N–H and O–H groups in total. The van der Waals surface area contributed by atoms with Crippen molar-refractivity contribution in [2.45, 2.75) is 49.0 Å². The van der Waals surface area contributed by atoms with Crippen molar-refractivity contribution in [3.8, 4) is 0 Å². The lowest BCUT2D eigenvalue weighted by Crippen LogP contribution is -2.64. The largest absolute Gasteiger partial charge is 0.481 e. The second-order valence-corrected chi connectivity index (χ2v) is 7.12. The maximum atomic E-state index is 11.2. The first kappa shape index (κ1) is 18.0. The number of hydrogen-bond donors (Lipinski definition) is 6. The molecule has 8 atom stereocenters. The van der Waals surface area contributed by atoms with Crippen molar-refractivity contribution in [3.05, 3.63) is 0 Å². The van der Waals surface area contributed by atoms with Gasteiger partial charge in [-0.1, -0.05) is 0 Å². The van der Waals surface area contributed by atoms with Crippen LogP contribution < -0.4 is 0 Å². The van der Waals surface area contributed by atoms with Crippen molar-refractivity contribution in [1.82, 2.24) is 0 Å².